The molecule has 0 aliphatic heterocycles. The fraction of sp³-hybridized carbons (Fsp3) is 0. The molecule has 3 heterocycles. The Hall–Kier alpha value is -7.50. The van der Waals surface area contributed by atoms with Crippen LogP contribution in [0.4, 0.5) is 28.4 Å². The summed E-state index contributed by atoms with van der Waals surface area (Å²) in [4.78, 5) is 2.26. The highest BCUT2D eigenvalue weighted by atomic mass is 16.3. The van der Waals surface area contributed by atoms with Crippen molar-refractivity contribution in [1.29, 1.82) is 0 Å². The number of fused-ring (bicyclic) bond motifs is 7. The number of benzene rings is 8. The molecule has 0 saturated heterocycles. The van der Waals surface area contributed by atoms with Crippen LogP contribution in [0.3, 0.4) is 0 Å². The molecule has 0 unspecified atom stereocenters. The van der Waals surface area contributed by atoms with Crippen molar-refractivity contribution in [3.63, 3.8) is 0 Å². The second-order valence-electron chi connectivity index (χ2n) is 13.8. The standard InChI is InChI=1S/C50H32N2O3/c1-2-13-33(14-3-1)51-42-21-10-18-35(48(42)41-31-53-45-24-7-4-17-38(41)45)32-27-29-34(30-28-32)52(43-22-11-19-39-36-15-5-8-25-46(36)54-49(39)43)44-23-12-20-40-37-16-6-9-26-47(37)55-50(40)44/h1-31,51H. The Bertz CT molecular complexity index is 3080. The highest BCUT2D eigenvalue weighted by Crippen LogP contribution is 2.47. The molecule has 11 rings (SSSR count). The summed E-state index contributed by atoms with van der Waals surface area (Å²) in [5.74, 6) is 0. The van der Waals surface area contributed by atoms with Crippen LogP contribution in [-0.2, 0) is 0 Å². The lowest BCUT2D eigenvalue weighted by atomic mass is 9.92. The highest BCUT2D eigenvalue weighted by Gasteiger charge is 2.24. The van der Waals surface area contributed by atoms with Crippen molar-refractivity contribution in [2.75, 3.05) is 10.2 Å². The molecule has 55 heavy (non-hydrogen) atoms. The summed E-state index contributed by atoms with van der Waals surface area (Å²) in [6.07, 6.45) is 1.87. The maximum atomic E-state index is 6.64. The molecule has 1 N–H and O–H groups in total. The van der Waals surface area contributed by atoms with Gasteiger partial charge in [-0.2, -0.15) is 0 Å². The van der Waals surface area contributed by atoms with E-state index in [2.05, 4.69) is 138 Å². The largest absolute Gasteiger partial charge is 0.464 e. The minimum Gasteiger partial charge on any atom is -0.464 e. The van der Waals surface area contributed by atoms with Gasteiger partial charge in [0.15, 0.2) is 11.2 Å². The fourth-order valence-corrected chi connectivity index (χ4v) is 8.05. The van der Waals surface area contributed by atoms with Gasteiger partial charge in [0.05, 0.1) is 17.6 Å². The molecule has 0 radical (unpaired) electrons. The van der Waals surface area contributed by atoms with Gasteiger partial charge in [0.2, 0.25) is 0 Å². The van der Waals surface area contributed by atoms with Crippen LogP contribution in [0.1, 0.15) is 0 Å². The average Bonchev–Trinajstić information content (AvgIpc) is 3.96. The zero-order chi connectivity index (χ0) is 36.3. The molecule has 260 valence electrons. The number of rotatable bonds is 7. The van der Waals surface area contributed by atoms with E-state index in [4.69, 9.17) is 13.3 Å². The second-order valence-corrected chi connectivity index (χ2v) is 13.8. The predicted octanol–water partition coefficient (Wildman–Crippen LogP) is 14.8. The highest BCUT2D eigenvalue weighted by molar-refractivity contribution is 6.14. The molecule has 5 nitrogen and oxygen atoms in total. The van der Waals surface area contributed by atoms with Gasteiger partial charge in [-0.05, 0) is 71.8 Å². The van der Waals surface area contributed by atoms with E-state index in [-0.39, 0.29) is 0 Å². The minimum atomic E-state index is 0.815. The second kappa shape index (κ2) is 12.6. The molecule has 0 saturated carbocycles. The van der Waals surface area contributed by atoms with E-state index in [9.17, 15) is 0 Å². The van der Waals surface area contributed by atoms with Gasteiger partial charge >= 0.3 is 0 Å². The normalized spacial score (nSPS) is 11.6. The van der Waals surface area contributed by atoms with Gasteiger partial charge in [0.1, 0.15) is 16.7 Å². The first-order valence-corrected chi connectivity index (χ1v) is 18.4. The maximum Gasteiger partial charge on any atom is 0.159 e. The lowest BCUT2D eigenvalue weighted by Gasteiger charge is -2.26. The summed E-state index contributed by atoms with van der Waals surface area (Å²) in [5.41, 5.74) is 13.3. The Kier molecular flexibility index (Phi) is 7.10. The summed E-state index contributed by atoms with van der Waals surface area (Å²) in [5, 5.41) is 9.04. The molecule has 11 aromatic rings. The molecule has 0 spiro atoms. The van der Waals surface area contributed by atoms with E-state index in [1.165, 1.54) is 0 Å². The van der Waals surface area contributed by atoms with E-state index in [0.29, 0.717) is 0 Å². The van der Waals surface area contributed by atoms with Crippen LogP contribution in [0.15, 0.2) is 202 Å². The third kappa shape index (κ3) is 5.09. The molecule has 0 bridgehead atoms. The molecule has 0 fully saturated rings. The van der Waals surface area contributed by atoms with Crippen molar-refractivity contribution in [3.05, 3.63) is 188 Å². The molecular weight excluding hydrogens is 677 g/mol. The lowest BCUT2D eigenvalue weighted by Crippen LogP contribution is -2.10. The molecule has 5 heteroatoms. The number of nitrogens with zero attached hydrogens (tertiary/aromatic N) is 1. The summed E-state index contributed by atoms with van der Waals surface area (Å²) < 4.78 is 19.4. The molecule has 0 amide bonds. The molecular formula is C50H32N2O3. The smallest absolute Gasteiger partial charge is 0.159 e. The fourth-order valence-electron chi connectivity index (χ4n) is 8.05. The van der Waals surface area contributed by atoms with E-state index in [1.807, 2.05) is 60.9 Å². The van der Waals surface area contributed by atoms with Crippen molar-refractivity contribution in [2.45, 2.75) is 0 Å². The first kappa shape index (κ1) is 31.1. The molecule has 0 aliphatic carbocycles. The first-order valence-electron chi connectivity index (χ1n) is 18.4. The zero-order valence-electron chi connectivity index (χ0n) is 29.6. The Morgan fingerprint density at radius 2 is 0.945 bits per heavy atom. The molecule has 3 aromatic heterocycles. The van der Waals surface area contributed by atoms with Crippen LogP contribution < -0.4 is 10.2 Å². The van der Waals surface area contributed by atoms with Gasteiger partial charge < -0.3 is 23.5 Å². The first-order chi connectivity index (χ1) is 27.3. The molecule has 8 aromatic carbocycles. The van der Waals surface area contributed by atoms with Crippen molar-refractivity contribution in [3.8, 4) is 22.3 Å². The van der Waals surface area contributed by atoms with Crippen molar-refractivity contribution >= 4 is 83.3 Å². The van der Waals surface area contributed by atoms with Crippen LogP contribution in [-0.4, -0.2) is 0 Å². The number of furan rings is 3. The number of hydrogen-bond acceptors (Lipinski definition) is 5. The summed E-state index contributed by atoms with van der Waals surface area (Å²) in [6.45, 7) is 0. The van der Waals surface area contributed by atoms with Crippen LogP contribution >= 0.6 is 0 Å². The number of anilines is 5. The van der Waals surface area contributed by atoms with Crippen LogP contribution in [0.5, 0.6) is 0 Å². The van der Waals surface area contributed by atoms with Crippen LogP contribution in [0, 0.1) is 0 Å². The van der Waals surface area contributed by atoms with Crippen LogP contribution in [0.2, 0.25) is 0 Å². The third-order valence-electron chi connectivity index (χ3n) is 10.6. The Morgan fingerprint density at radius 3 is 1.60 bits per heavy atom. The number of nitrogens with one attached hydrogen (secondary N) is 1. The van der Waals surface area contributed by atoms with Gasteiger partial charge in [-0.1, -0.05) is 121 Å². The van der Waals surface area contributed by atoms with Gasteiger partial charge in [0.25, 0.3) is 0 Å². The van der Waals surface area contributed by atoms with E-state index in [1.54, 1.807) is 0 Å². The zero-order valence-corrected chi connectivity index (χ0v) is 29.6. The van der Waals surface area contributed by atoms with Gasteiger partial charge in [-0.15, -0.1) is 0 Å². The third-order valence-corrected chi connectivity index (χ3v) is 10.6. The lowest BCUT2D eigenvalue weighted by molar-refractivity contribution is 0.617. The van der Waals surface area contributed by atoms with Crippen molar-refractivity contribution in [1.82, 2.24) is 0 Å². The van der Waals surface area contributed by atoms with Crippen LogP contribution in [0.25, 0.3) is 77.1 Å². The molecule has 0 atom stereocenters. The Balaban J connectivity index is 1.11. The summed E-state index contributed by atoms with van der Waals surface area (Å²) >= 11 is 0. The molecule has 0 aliphatic rings. The Morgan fingerprint density at radius 1 is 0.400 bits per heavy atom. The van der Waals surface area contributed by atoms with Crippen molar-refractivity contribution in [2.24, 2.45) is 0 Å². The monoisotopic (exact) mass is 708 g/mol. The van der Waals surface area contributed by atoms with E-state index >= 15 is 0 Å². The topological polar surface area (TPSA) is 54.7 Å². The maximum absolute atomic E-state index is 6.64. The van der Waals surface area contributed by atoms with E-state index in [0.717, 1.165) is 106 Å². The van der Waals surface area contributed by atoms with Gasteiger partial charge in [-0.3, -0.25) is 0 Å². The predicted molar refractivity (Wildman–Crippen MR) is 226 cm³/mol. The van der Waals surface area contributed by atoms with E-state index < -0.39 is 0 Å². The minimum absolute atomic E-state index is 0.815. The average molecular weight is 709 g/mol. The Labute approximate surface area is 316 Å². The SMILES string of the molecule is c1ccc(Nc2cccc(-c3ccc(N(c4cccc5c4oc4ccccc45)c4cccc5c4oc4ccccc45)cc3)c2-c2coc3ccccc23)cc1. The quantitative estimate of drug-likeness (QED) is 0.179. The van der Waals surface area contributed by atoms with Crippen molar-refractivity contribution < 1.29 is 13.3 Å². The van der Waals surface area contributed by atoms with Gasteiger partial charge in [0, 0.05) is 55.1 Å². The summed E-state index contributed by atoms with van der Waals surface area (Å²) in [7, 11) is 0. The number of para-hydroxylation sites is 6. The summed E-state index contributed by atoms with van der Waals surface area (Å²) in [6, 6.07) is 62.8. The van der Waals surface area contributed by atoms with Gasteiger partial charge in [-0.25, -0.2) is 0 Å². The number of hydrogen-bond donors (Lipinski definition) is 1.